The van der Waals surface area contributed by atoms with Crippen LogP contribution in [0.2, 0.25) is 0 Å². The number of hydrogen-bond acceptors (Lipinski definition) is 3. The van der Waals surface area contributed by atoms with Gasteiger partial charge in [0.2, 0.25) is 0 Å². The van der Waals surface area contributed by atoms with Gasteiger partial charge in [0.05, 0.1) is 12.2 Å². The molecule has 3 nitrogen and oxygen atoms in total. The van der Waals surface area contributed by atoms with Crippen LogP contribution in [0.5, 0.6) is 5.75 Å². The predicted molar refractivity (Wildman–Crippen MR) is 84.2 cm³/mol. The van der Waals surface area contributed by atoms with E-state index in [0.717, 1.165) is 25.1 Å². The van der Waals surface area contributed by atoms with Crippen LogP contribution in [0.15, 0.2) is 24.3 Å². The molecule has 1 unspecified atom stereocenters. The Morgan fingerprint density at radius 1 is 1.20 bits per heavy atom. The quantitative estimate of drug-likeness (QED) is 0.724. The summed E-state index contributed by atoms with van der Waals surface area (Å²) >= 11 is 0. The normalized spacial score (nSPS) is 13.2. The van der Waals surface area contributed by atoms with Crippen LogP contribution in [0, 0.1) is 0 Å². The molecule has 3 heteroatoms. The van der Waals surface area contributed by atoms with Gasteiger partial charge in [-0.05, 0) is 50.9 Å². The third kappa shape index (κ3) is 6.40. The maximum absolute atomic E-state index is 9.64. The van der Waals surface area contributed by atoms with Gasteiger partial charge >= 0.3 is 0 Å². The SMILES string of the molecule is CCCNC(CC)c1ccc(OCCC(C)(C)O)cc1. The van der Waals surface area contributed by atoms with Crippen LogP contribution < -0.4 is 10.1 Å². The summed E-state index contributed by atoms with van der Waals surface area (Å²) in [5.41, 5.74) is 0.632. The molecule has 1 aromatic rings. The average Bonchev–Trinajstić information content (AvgIpc) is 2.40. The lowest BCUT2D eigenvalue weighted by atomic mass is 10.0. The molecule has 0 saturated carbocycles. The summed E-state index contributed by atoms with van der Waals surface area (Å²) in [6.45, 7) is 9.55. The lowest BCUT2D eigenvalue weighted by Crippen LogP contribution is -2.22. The van der Waals surface area contributed by atoms with Crippen molar-refractivity contribution >= 4 is 0 Å². The molecule has 0 aliphatic rings. The van der Waals surface area contributed by atoms with Gasteiger partial charge in [-0.3, -0.25) is 0 Å². The highest BCUT2D eigenvalue weighted by Gasteiger charge is 2.12. The van der Waals surface area contributed by atoms with Crippen LogP contribution in [0.4, 0.5) is 0 Å². The Morgan fingerprint density at radius 2 is 1.85 bits per heavy atom. The van der Waals surface area contributed by atoms with E-state index in [9.17, 15) is 5.11 Å². The van der Waals surface area contributed by atoms with Crippen LogP contribution in [-0.2, 0) is 0 Å². The zero-order chi connectivity index (χ0) is 15.0. The van der Waals surface area contributed by atoms with Gasteiger partial charge in [0.15, 0.2) is 0 Å². The minimum atomic E-state index is -0.669. The molecule has 2 N–H and O–H groups in total. The van der Waals surface area contributed by atoms with Crippen molar-refractivity contribution in [3.05, 3.63) is 29.8 Å². The number of rotatable bonds is 9. The molecule has 20 heavy (non-hydrogen) atoms. The van der Waals surface area contributed by atoms with Crippen LogP contribution in [0.25, 0.3) is 0 Å². The fraction of sp³-hybridized carbons (Fsp3) is 0.647. The highest BCUT2D eigenvalue weighted by atomic mass is 16.5. The monoisotopic (exact) mass is 279 g/mol. The van der Waals surface area contributed by atoms with E-state index < -0.39 is 5.60 Å². The molecule has 0 fully saturated rings. The largest absolute Gasteiger partial charge is 0.493 e. The minimum Gasteiger partial charge on any atom is -0.493 e. The molecular weight excluding hydrogens is 250 g/mol. The van der Waals surface area contributed by atoms with Gasteiger partial charge in [-0.25, -0.2) is 0 Å². The van der Waals surface area contributed by atoms with Gasteiger partial charge < -0.3 is 15.2 Å². The average molecular weight is 279 g/mol. The van der Waals surface area contributed by atoms with Crippen LogP contribution in [-0.4, -0.2) is 23.9 Å². The minimum absolute atomic E-state index is 0.417. The maximum atomic E-state index is 9.64. The molecule has 1 rings (SSSR count). The second-order valence-corrected chi connectivity index (χ2v) is 5.89. The third-order valence-corrected chi connectivity index (χ3v) is 3.31. The number of hydrogen-bond donors (Lipinski definition) is 2. The molecule has 1 aromatic carbocycles. The molecule has 0 spiro atoms. The van der Waals surface area contributed by atoms with E-state index in [1.165, 1.54) is 5.56 Å². The molecular formula is C17H29NO2. The van der Waals surface area contributed by atoms with E-state index in [2.05, 4.69) is 31.3 Å². The summed E-state index contributed by atoms with van der Waals surface area (Å²) in [5, 5.41) is 13.2. The Labute approximate surface area is 123 Å². The van der Waals surface area contributed by atoms with Crippen molar-refractivity contribution in [2.45, 2.75) is 58.6 Å². The molecule has 0 amide bonds. The Kier molecular flexibility index (Phi) is 7.03. The number of ether oxygens (including phenoxy) is 1. The number of nitrogens with one attached hydrogen (secondary N) is 1. The Balaban J connectivity index is 2.50. The Hall–Kier alpha value is -1.06. The van der Waals surface area contributed by atoms with Gasteiger partial charge in [-0.2, -0.15) is 0 Å². The summed E-state index contributed by atoms with van der Waals surface area (Å²) in [4.78, 5) is 0. The van der Waals surface area contributed by atoms with Crippen molar-refractivity contribution in [3.63, 3.8) is 0 Å². The fourth-order valence-electron chi connectivity index (χ4n) is 2.03. The summed E-state index contributed by atoms with van der Waals surface area (Å²) in [5.74, 6) is 0.864. The second kappa shape index (κ2) is 8.28. The van der Waals surface area contributed by atoms with Crippen molar-refractivity contribution in [2.75, 3.05) is 13.2 Å². The Bertz CT molecular complexity index is 368. The van der Waals surface area contributed by atoms with Gasteiger partial charge in [0, 0.05) is 12.5 Å². The molecule has 0 heterocycles. The van der Waals surface area contributed by atoms with E-state index >= 15 is 0 Å². The molecule has 1 atom stereocenters. The smallest absolute Gasteiger partial charge is 0.119 e. The van der Waals surface area contributed by atoms with Gasteiger partial charge in [0.1, 0.15) is 5.75 Å². The van der Waals surface area contributed by atoms with E-state index in [4.69, 9.17) is 4.74 Å². The van der Waals surface area contributed by atoms with Gasteiger partial charge in [-0.15, -0.1) is 0 Å². The molecule has 0 aliphatic carbocycles. The van der Waals surface area contributed by atoms with Crippen molar-refractivity contribution in [3.8, 4) is 5.75 Å². The van der Waals surface area contributed by atoms with Crippen molar-refractivity contribution < 1.29 is 9.84 Å². The summed E-state index contributed by atoms with van der Waals surface area (Å²) in [7, 11) is 0. The van der Waals surface area contributed by atoms with Crippen LogP contribution in [0.3, 0.4) is 0 Å². The van der Waals surface area contributed by atoms with E-state index in [-0.39, 0.29) is 0 Å². The van der Waals surface area contributed by atoms with E-state index in [1.807, 2.05) is 12.1 Å². The molecule has 114 valence electrons. The Morgan fingerprint density at radius 3 is 2.35 bits per heavy atom. The number of benzene rings is 1. The van der Waals surface area contributed by atoms with Crippen LogP contribution >= 0.6 is 0 Å². The highest BCUT2D eigenvalue weighted by Crippen LogP contribution is 2.20. The zero-order valence-corrected chi connectivity index (χ0v) is 13.3. The van der Waals surface area contributed by atoms with Gasteiger partial charge in [0.25, 0.3) is 0 Å². The van der Waals surface area contributed by atoms with E-state index in [1.54, 1.807) is 13.8 Å². The first-order valence-corrected chi connectivity index (χ1v) is 7.64. The molecule has 0 aliphatic heterocycles. The molecule has 0 saturated heterocycles. The highest BCUT2D eigenvalue weighted by molar-refractivity contribution is 5.29. The van der Waals surface area contributed by atoms with Crippen molar-refractivity contribution in [1.82, 2.24) is 5.32 Å². The van der Waals surface area contributed by atoms with Crippen molar-refractivity contribution in [2.24, 2.45) is 0 Å². The van der Waals surface area contributed by atoms with Crippen LogP contribution in [0.1, 0.15) is 58.6 Å². The first kappa shape index (κ1) is 17.0. The summed E-state index contributed by atoms with van der Waals surface area (Å²) in [6, 6.07) is 8.68. The topological polar surface area (TPSA) is 41.5 Å². The van der Waals surface area contributed by atoms with Crippen molar-refractivity contribution in [1.29, 1.82) is 0 Å². The lowest BCUT2D eigenvalue weighted by molar-refractivity contribution is 0.0553. The zero-order valence-electron chi connectivity index (χ0n) is 13.3. The molecule has 0 aromatic heterocycles. The second-order valence-electron chi connectivity index (χ2n) is 5.89. The van der Waals surface area contributed by atoms with Gasteiger partial charge in [-0.1, -0.05) is 26.0 Å². The van der Waals surface area contributed by atoms with E-state index in [0.29, 0.717) is 19.1 Å². The predicted octanol–water partition coefficient (Wildman–Crippen LogP) is 3.68. The fourth-order valence-corrected chi connectivity index (χ4v) is 2.03. The first-order chi connectivity index (χ1) is 9.46. The first-order valence-electron chi connectivity index (χ1n) is 7.64. The lowest BCUT2D eigenvalue weighted by Gasteiger charge is -2.19. The summed E-state index contributed by atoms with van der Waals surface area (Å²) < 4.78 is 5.65. The molecule has 0 radical (unpaired) electrons. The standard InChI is InChI=1S/C17H29NO2/c1-5-12-18-16(6-2)14-7-9-15(10-8-14)20-13-11-17(3,4)19/h7-10,16,18-19H,5-6,11-13H2,1-4H3. The summed E-state index contributed by atoms with van der Waals surface area (Å²) in [6.07, 6.45) is 2.86. The third-order valence-electron chi connectivity index (χ3n) is 3.31. The molecule has 0 bridgehead atoms. The number of aliphatic hydroxyl groups is 1. The maximum Gasteiger partial charge on any atom is 0.119 e.